The summed E-state index contributed by atoms with van der Waals surface area (Å²) in [6.45, 7) is 2.83. The molecule has 1 aromatic heterocycles. The van der Waals surface area contributed by atoms with E-state index < -0.39 is 4.92 Å². The summed E-state index contributed by atoms with van der Waals surface area (Å²) in [4.78, 5) is 16.6. The van der Waals surface area contributed by atoms with Gasteiger partial charge in [0.05, 0.1) is 16.8 Å². The highest BCUT2D eigenvalue weighted by Crippen LogP contribution is 2.26. The van der Waals surface area contributed by atoms with E-state index in [0.29, 0.717) is 11.4 Å². The molecule has 0 fully saturated rings. The van der Waals surface area contributed by atoms with Gasteiger partial charge < -0.3 is 9.32 Å². The lowest BCUT2D eigenvalue weighted by Gasteiger charge is -2.19. The Balaban J connectivity index is 1.75. The van der Waals surface area contributed by atoms with E-state index >= 15 is 0 Å². The van der Waals surface area contributed by atoms with Crippen LogP contribution in [0, 0.1) is 10.1 Å². The highest BCUT2D eigenvalue weighted by molar-refractivity contribution is 5.79. The van der Waals surface area contributed by atoms with Crippen molar-refractivity contribution in [3.63, 3.8) is 0 Å². The fourth-order valence-corrected chi connectivity index (χ4v) is 2.43. The first kappa shape index (κ1) is 16.4. The monoisotopic (exact) mass is 335 g/mol. The zero-order valence-corrected chi connectivity index (χ0v) is 13.7. The van der Waals surface area contributed by atoms with Gasteiger partial charge in [-0.25, -0.2) is 0 Å². The highest BCUT2D eigenvalue weighted by atomic mass is 16.6. The molecule has 6 nitrogen and oxygen atoms in total. The van der Waals surface area contributed by atoms with Gasteiger partial charge in [-0.05, 0) is 37.3 Å². The molecule has 0 bridgehead atoms. The maximum absolute atomic E-state index is 10.7. The molecule has 0 aliphatic heterocycles. The molecule has 0 amide bonds. The second kappa shape index (κ2) is 7.44. The van der Waals surface area contributed by atoms with E-state index in [4.69, 9.17) is 4.42 Å². The van der Waals surface area contributed by atoms with Gasteiger partial charge in [0, 0.05) is 30.4 Å². The van der Waals surface area contributed by atoms with Crippen LogP contribution in [0.25, 0.3) is 0 Å². The van der Waals surface area contributed by atoms with Crippen molar-refractivity contribution in [1.82, 2.24) is 0 Å². The molecule has 0 aliphatic rings. The topological polar surface area (TPSA) is 71.9 Å². The lowest BCUT2D eigenvalue weighted by atomic mass is 10.3. The largest absolute Gasteiger partial charge is 0.439 e. The summed E-state index contributed by atoms with van der Waals surface area (Å²) in [6, 6.07) is 19.8. The second-order valence-corrected chi connectivity index (χ2v) is 5.29. The van der Waals surface area contributed by atoms with Gasteiger partial charge in [0.1, 0.15) is 5.76 Å². The Hall–Kier alpha value is -3.41. The molecule has 0 N–H and O–H groups in total. The van der Waals surface area contributed by atoms with Crippen LogP contribution >= 0.6 is 0 Å². The number of aliphatic imine (C=N–C) groups is 1. The third-order valence-electron chi connectivity index (χ3n) is 3.66. The summed E-state index contributed by atoms with van der Waals surface area (Å²) in [7, 11) is 0. The summed E-state index contributed by atoms with van der Waals surface area (Å²) in [6.07, 6.45) is 1.60. The first-order chi connectivity index (χ1) is 12.2. The number of nitro groups is 1. The third-order valence-corrected chi connectivity index (χ3v) is 3.66. The van der Waals surface area contributed by atoms with Crippen LogP contribution in [0.3, 0.4) is 0 Å². The van der Waals surface area contributed by atoms with E-state index in [0.717, 1.165) is 18.1 Å². The number of non-ortho nitro benzene ring substituents is 1. The molecular weight excluding hydrogens is 318 g/mol. The van der Waals surface area contributed by atoms with Crippen molar-refractivity contribution in [2.75, 3.05) is 11.4 Å². The molecule has 0 aliphatic carbocycles. The van der Waals surface area contributed by atoms with E-state index in [2.05, 4.69) is 16.8 Å². The summed E-state index contributed by atoms with van der Waals surface area (Å²) in [5.41, 5.74) is 1.72. The minimum atomic E-state index is -0.435. The average Bonchev–Trinajstić information content (AvgIpc) is 3.10. The molecule has 0 atom stereocenters. The highest BCUT2D eigenvalue weighted by Gasteiger charge is 2.10. The van der Waals surface area contributed by atoms with E-state index in [1.165, 1.54) is 12.1 Å². The number of nitro benzene ring substituents is 1. The van der Waals surface area contributed by atoms with Crippen LogP contribution in [0.15, 0.2) is 76.1 Å². The van der Waals surface area contributed by atoms with Gasteiger partial charge in [-0.15, -0.1) is 0 Å². The summed E-state index contributed by atoms with van der Waals surface area (Å²) < 4.78 is 5.84. The summed E-state index contributed by atoms with van der Waals surface area (Å²) >= 11 is 0. The molecule has 1 heterocycles. The van der Waals surface area contributed by atoms with Gasteiger partial charge in [0.25, 0.3) is 5.69 Å². The molecule has 3 aromatic rings. The predicted molar refractivity (Wildman–Crippen MR) is 98.2 cm³/mol. The smallest absolute Gasteiger partial charge is 0.269 e. The molecule has 2 aromatic carbocycles. The van der Waals surface area contributed by atoms with E-state index in [1.54, 1.807) is 18.3 Å². The van der Waals surface area contributed by atoms with Crippen LogP contribution in [-0.4, -0.2) is 17.7 Å². The van der Waals surface area contributed by atoms with Crippen molar-refractivity contribution in [1.29, 1.82) is 0 Å². The van der Waals surface area contributed by atoms with Crippen molar-refractivity contribution in [2.24, 2.45) is 4.99 Å². The lowest BCUT2D eigenvalue weighted by Crippen LogP contribution is -2.14. The molecule has 126 valence electrons. The Morgan fingerprint density at radius 3 is 2.44 bits per heavy atom. The molecule has 3 rings (SSSR count). The summed E-state index contributed by atoms with van der Waals surface area (Å²) in [5.74, 6) is 1.35. The van der Waals surface area contributed by atoms with Gasteiger partial charge >= 0.3 is 0 Å². The van der Waals surface area contributed by atoms with Crippen molar-refractivity contribution < 1.29 is 9.34 Å². The number of hydrogen-bond donors (Lipinski definition) is 0. The molecule has 0 radical (unpaired) electrons. The maximum atomic E-state index is 10.7. The third kappa shape index (κ3) is 3.92. The maximum Gasteiger partial charge on any atom is 0.269 e. The Morgan fingerprint density at radius 1 is 1.08 bits per heavy atom. The van der Waals surface area contributed by atoms with Crippen molar-refractivity contribution >= 4 is 29.2 Å². The van der Waals surface area contributed by atoms with Gasteiger partial charge in [-0.3, -0.25) is 15.1 Å². The number of nitrogens with zero attached hydrogens (tertiary/aromatic N) is 3. The number of rotatable bonds is 6. The Kier molecular flexibility index (Phi) is 4.89. The Morgan fingerprint density at radius 2 is 1.80 bits per heavy atom. The quantitative estimate of drug-likeness (QED) is 0.357. The van der Waals surface area contributed by atoms with E-state index in [-0.39, 0.29) is 5.69 Å². The molecular formula is C19H17N3O3. The van der Waals surface area contributed by atoms with Crippen LogP contribution in [0.4, 0.5) is 22.9 Å². The first-order valence-corrected chi connectivity index (χ1v) is 7.88. The number of benzene rings is 2. The molecule has 6 heteroatoms. The lowest BCUT2D eigenvalue weighted by molar-refractivity contribution is -0.384. The standard InChI is InChI=1S/C19H17N3O3/c1-2-21(16-6-4-3-5-7-16)19-13-12-18(25-19)14-20-15-8-10-17(11-9-15)22(23)24/h3-14H,2H2,1H3. The SMILES string of the molecule is CCN(c1ccccc1)c1ccc(C=Nc2ccc([N+](=O)[O-])cc2)o1. The van der Waals surface area contributed by atoms with Crippen LogP contribution in [0.2, 0.25) is 0 Å². The van der Waals surface area contributed by atoms with Crippen LogP contribution in [0.1, 0.15) is 12.7 Å². The number of hydrogen-bond acceptors (Lipinski definition) is 5. The fraction of sp³-hybridized carbons (Fsp3) is 0.105. The Labute approximate surface area is 145 Å². The van der Waals surface area contributed by atoms with E-state index in [1.807, 2.05) is 42.5 Å². The second-order valence-electron chi connectivity index (χ2n) is 5.29. The summed E-state index contributed by atoms with van der Waals surface area (Å²) in [5, 5.41) is 10.7. The van der Waals surface area contributed by atoms with Gasteiger partial charge in [0.15, 0.2) is 0 Å². The number of furan rings is 1. The predicted octanol–water partition coefficient (Wildman–Crippen LogP) is 5.10. The van der Waals surface area contributed by atoms with Crippen LogP contribution in [0.5, 0.6) is 0 Å². The van der Waals surface area contributed by atoms with E-state index in [9.17, 15) is 10.1 Å². The number of anilines is 2. The van der Waals surface area contributed by atoms with Gasteiger partial charge in [0.2, 0.25) is 5.88 Å². The Bertz CT molecular complexity index is 870. The van der Waals surface area contributed by atoms with Crippen molar-refractivity contribution in [2.45, 2.75) is 6.92 Å². The van der Waals surface area contributed by atoms with Crippen molar-refractivity contribution in [3.05, 3.63) is 82.6 Å². The number of para-hydroxylation sites is 1. The molecule has 0 saturated heterocycles. The molecule has 25 heavy (non-hydrogen) atoms. The van der Waals surface area contributed by atoms with Crippen LogP contribution in [-0.2, 0) is 0 Å². The van der Waals surface area contributed by atoms with Gasteiger partial charge in [-0.1, -0.05) is 18.2 Å². The van der Waals surface area contributed by atoms with Crippen LogP contribution < -0.4 is 4.90 Å². The van der Waals surface area contributed by atoms with Gasteiger partial charge in [-0.2, -0.15) is 0 Å². The minimum absolute atomic E-state index is 0.0423. The molecule has 0 spiro atoms. The van der Waals surface area contributed by atoms with Crippen molar-refractivity contribution in [3.8, 4) is 0 Å². The fourth-order valence-electron chi connectivity index (χ4n) is 2.43. The minimum Gasteiger partial charge on any atom is -0.439 e. The average molecular weight is 335 g/mol. The zero-order chi connectivity index (χ0) is 17.6. The first-order valence-electron chi connectivity index (χ1n) is 7.88. The normalized spacial score (nSPS) is 10.9. The zero-order valence-electron chi connectivity index (χ0n) is 13.7. The molecule has 0 saturated carbocycles. The molecule has 0 unspecified atom stereocenters.